The van der Waals surface area contributed by atoms with E-state index in [0.29, 0.717) is 6.42 Å². The van der Waals surface area contributed by atoms with Crippen molar-refractivity contribution in [3.63, 3.8) is 0 Å². The highest BCUT2D eigenvalue weighted by atomic mass is 16.6. The van der Waals surface area contributed by atoms with Crippen LogP contribution in [0.5, 0.6) is 0 Å². The Morgan fingerprint density at radius 1 is 1.28 bits per heavy atom. The van der Waals surface area contributed by atoms with E-state index in [1.54, 1.807) is 25.7 Å². The number of aliphatic hydroxyl groups excluding tert-OH is 1. The lowest BCUT2D eigenvalue weighted by molar-refractivity contribution is -0.150. The highest BCUT2D eigenvalue weighted by Crippen LogP contribution is 2.79. The predicted molar refractivity (Wildman–Crippen MR) is 88.2 cm³/mol. The Balaban J connectivity index is 1.63. The summed E-state index contributed by atoms with van der Waals surface area (Å²) < 4.78 is 5.34. The van der Waals surface area contributed by atoms with Crippen LogP contribution in [0, 0.1) is 22.7 Å². The number of rotatable bonds is 2. The van der Waals surface area contributed by atoms with E-state index in [0.717, 1.165) is 0 Å². The summed E-state index contributed by atoms with van der Waals surface area (Å²) in [6.45, 7) is 11.6. The lowest BCUT2D eigenvalue weighted by Gasteiger charge is -2.36. The zero-order valence-corrected chi connectivity index (χ0v) is 15.7. The molecule has 0 bridgehead atoms. The predicted octanol–water partition coefficient (Wildman–Crippen LogP) is 0.836. The van der Waals surface area contributed by atoms with Gasteiger partial charge in [-0.1, -0.05) is 20.8 Å². The second kappa shape index (κ2) is 4.31. The molecular weight excluding hydrogens is 324 g/mol. The molecule has 2 aliphatic heterocycles. The molecule has 0 aromatic rings. The van der Waals surface area contributed by atoms with Crippen molar-refractivity contribution >= 4 is 12.0 Å². The molecule has 4 fully saturated rings. The summed E-state index contributed by atoms with van der Waals surface area (Å²) in [4.78, 5) is 27.1. The topological polar surface area (TPSA) is 99.1 Å². The molecule has 2 saturated heterocycles. The second-order valence-electron chi connectivity index (χ2n) is 10.1. The van der Waals surface area contributed by atoms with Crippen molar-refractivity contribution in [2.75, 3.05) is 0 Å². The first kappa shape index (κ1) is 17.1. The molecule has 0 aromatic heterocycles. The second-order valence-corrected chi connectivity index (χ2v) is 10.1. The van der Waals surface area contributed by atoms with Gasteiger partial charge in [0.05, 0.1) is 6.04 Å². The molecule has 6 atom stereocenters. The normalized spacial score (nSPS) is 45.8. The smallest absolute Gasteiger partial charge is 0.408 e. The first-order valence-corrected chi connectivity index (χ1v) is 8.98. The number of aliphatic hydroxyl groups is 2. The van der Waals surface area contributed by atoms with Gasteiger partial charge in [0.1, 0.15) is 11.1 Å². The van der Waals surface area contributed by atoms with Crippen molar-refractivity contribution in [2.24, 2.45) is 22.7 Å². The third kappa shape index (κ3) is 1.88. The fourth-order valence-corrected chi connectivity index (χ4v) is 5.92. The van der Waals surface area contributed by atoms with Crippen molar-refractivity contribution in [3.8, 4) is 0 Å². The molecule has 3 unspecified atom stereocenters. The number of alkyl carbamates (subject to hydrolysis) is 1. The van der Waals surface area contributed by atoms with Crippen LogP contribution in [0.1, 0.15) is 48.0 Å². The largest absolute Gasteiger partial charge is 0.444 e. The molecule has 0 spiro atoms. The third-order valence-corrected chi connectivity index (χ3v) is 7.08. The maximum atomic E-state index is 13.2. The molecule has 140 valence electrons. The SMILES string of the molecule is CC(C)(C)OC(=O)NC12CC1(C)C1[C@H]3[C@@H]([C@@H](C(O)O)N1C2=O)C3(C)C. The zero-order chi connectivity index (χ0) is 18.7. The molecule has 0 radical (unpaired) electrons. The summed E-state index contributed by atoms with van der Waals surface area (Å²) in [6.07, 6.45) is -1.59. The van der Waals surface area contributed by atoms with Gasteiger partial charge in [-0.2, -0.15) is 0 Å². The number of nitrogens with zero attached hydrogens (tertiary/aromatic N) is 1. The Morgan fingerprint density at radius 3 is 2.40 bits per heavy atom. The maximum Gasteiger partial charge on any atom is 0.408 e. The van der Waals surface area contributed by atoms with Crippen LogP contribution >= 0.6 is 0 Å². The third-order valence-electron chi connectivity index (χ3n) is 7.08. The van der Waals surface area contributed by atoms with Crippen LogP contribution in [0.3, 0.4) is 0 Å². The average Bonchev–Trinajstić information content (AvgIpc) is 3.06. The fraction of sp³-hybridized carbons (Fsp3) is 0.889. The first-order chi connectivity index (χ1) is 11.3. The van der Waals surface area contributed by atoms with Gasteiger partial charge in [-0.3, -0.25) is 4.79 Å². The number of carbonyl (C=O) groups excluding carboxylic acids is 2. The minimum Gasteiger partial charge on any atom is -0.444 e. The van der Waals surface area contributed by atoms with E-state index in [4.69, 9.17) is 4.74 Å². The van der Waals surface area contributed by atoms with Crippen molar-refractivity contribution in [3.05, 3.63) is 0 Å². The van der Waals surface area contributed by atoms with Crippen molar-refractivity contribution in [2.45, 2.75) is 77.5 Å². The monoisotopic (exact) mass is 352 g/mol. The van der Waals surface area contributed by atoms with Crippen LogP contribution in [-0.4, -0.2) is 56.6 Å². The number of carbonyl (C=O) groups is 2. The number of amides is 2. The van der Waals surface area contributed by atoms with E-state index >= 15 is 0 Å². The van der Waals surface area contributed by atoms with Gasteiger partial charge in [-0.25, -0.2) is 4.79 Å². The molecule has 25 heavy (non-hydrogen) atoms. The Morgan fingerprint density at radius 2 is 1.88 bits per heavy atom. The Hall–Kier alpha value is -1.34. The highest BCUT2D eigenvalue weighted by Gasteiger charge is 2.89. The van der Waals surface area contributed by atoms with Crippen LogP contribution in [-0.2, 0) is 9.53 Å². The zero-order valence-electron chi connectivity index (χ0n) is 15.7. The van der Waals surface area contributed by atoms with Gasteiger partial charge < -0.3 is 25.2 Å². The first-order valence-electron chi connectivity index (χ1n) is 8.98. The number of nitrogens with one attached hydrogen (secondary N) is 1. The number of fused-ring (bicyclic) bond motifs is 5. The number of hydrogen-bond donors (Lipinski definition) is 3. The summed E-state index contributed by atoms with van der Waals surface area (Å²) in [5.74, 6) is 0.128. The standard InChI is InChI=1S/C18H28N2O5/c1-15(2,3)25-14(24)19-18-7-17(18,6)11-9-8(16(9,4)5)10(12(21)22)20(11)13(18)23/h8-12,21-22H,7H2,1-6H3,(H,19,24)/t8-,9+,10-,11?,17?,18?/m0/s1. The van der Waals surface area contributed by atoms with Gasteiger partial charge in [-0.15, -0.1) is 0 Å². The van der Waals surface area contributed by atoms with E-state index in [1.807, 2.05) is 6.92 Å². The molecule has 4 rings (SSSR count). The summed E-state index contributed by atoms with van der Waals surface area (Å²) in [7, 11) is 0. The number of hydrogen-bond acceptors (Lipinski definition) is 5. The van der Waals surface area contributed by atoms with E-state index in [2.05, 4.69) is 19.2 Å². The number of ether oxygens (including phenoxy) is 1. The Bertz CT molecular complexity index is 669. The summed E-state index contributed by atoms with van der Waals surface area (Å²) in [6, 6.07) is -0.666. The van der Waals surface area contributed by atoms with E-state index in [-0.39, 0.29) is 34.6 Å². The highest BCUT2D eigenvalue weighted by molar-refractivity contribution is 5.99. The Labute approximate surface area is 147 Å². The average molecular weight is 352 g/mol. The molecule has 3 N–H and O–H groups in total. The molecule has 4 aliphatic rings. The Kier molecular flexibility index (Phi) is 2.95. The van der Waals surface area contributed by atoms with Crippen LogP contribution in [0.2, 0.25) is 0 Å². The molecule has 7 heteroatoms. The van der Waals surface area contributed by atoms with Crippen LogP contribution in [0.15, 0.2) is 0 Å². The van der Waals surface area contributed by atoms with Crippen molar-refractivity contribution in [1.29, 1.82) is 0 Å². The van der Waals surface area contributed by atoms with Gasteiger partial charge in [0.15, 0.2) is 6.29 Å². The number of piperidine rings is 2. The van der Waals surface area contributed by atoms with Gasteiger partial charge in [-0.05, 0) is 44.4 Å². The molecule has 2 aliphatic carbocycles. The lowest BCUT2D eigenvalue weighted by Crippen LogP contribution is -2.54. The molecule has 7 nitrogen and oxygen atoms in total. The minimum atomic E-state index is -1.57. The molecule has 2 amide bonds. The molecular formula is C18H28N2O5. The molecule has 0 aromatic carbocycles. The summed E-state index contributed by atoms with van der Waals surface area (Å²) in [5.41, 5.74) is -2.03. The minimum absolute atomic E-state index is 0.0244. The van der Waals surface area contributed by atoms with Crippen molar-refractivity contribution < 1.29 is 24.5 Å². The van der Waals surface area contributed by atoms with Gasteiger partial charge in [0.25, 0.3) is 0 Å². The summed E-state index contributed by atoms with van der Waals surface area (Å²) in [5, 5.41) is 22.6. The lowest BCUT2D eigenvalue weighted by atomic mass is 9.89. The maximum absolute atomic E-state index is 13.2. The summed E-state index contributed by atoms with van der Waals surface area (Å²) >= 11 is 0. The van der Waals surface area contributed by atoms with E-state index in [1.165, 1.54) is 0 Å². The fourth-order valence-electron chi connectivity index (χ4n) is 5.92. The van der Waals surface area contributed by atoms with Gasteiger partial charge >= 0.3 is 6.09 Å². The van der Waals surface area contributed by atoms with E-state index in [9.17, 15) is 19.8 Å². The van der Waals surface area contributed by atoms with Gasteiger partial charge in [0, 0.05) is 11.5 Å². The van der Waals surface area contributed by atoms with Crippen LogP contribution < -0.4 is 5.32 Å². The molecule has 2 saturated carbocycles. The van der Waals surface area contributed by atoms with Crippen molar-refractivity contribution in [1.82, 2.24) is 10.2 Å². The molecule has 2 heterocycles. The quantitative estimate of drug-likeness (QED) is 0.640. The van der Waals surface area contributed by atoms with Crippen LogP contribution in [0.25, 0.3) is 0 Å². The van der Waals surface area contributed by atoms with Gasteiger partial charge in [0.2, 0.25) is 5.91 Å². The van der Waals surface area contributed by atoms with Crippen LogP contribution in [0.4, 0.5) is 4.79 Å². The van der Waals surface area contributed by atoms with E-state index < -0.39 is 29.6 Å².